The van der Waals surface area contributed by atoms with Crippen molar-refractivity contribution < 1.29 is 9.53 Å². The van der Waals surface area contributed by atoms with Crippen molar-refractivity contribution in [3.8, 4) is 17.0 Å². The smallest absolute Gasteiger partial charge is 0.228 e. The third kappa shape index (κ3) is 6.04. The van der Waals surface area contributed by atoms with Gasteiger partial charge in [0.1, 0.15) is 12.4 Å². The van der Waals surface area contributed by atoms with Gasteiger partial charge in [0, 0.05) is 17.9 Å². The zero-order valence-corrected chi connectivity index (χ0v) is 18.9. The average molecular weight is 438 g/mol. The van der Waals surface area contributed by atoms with E-state index in [0.717, 1.165) is 33.8 Å². The second-order valence-electron chi connectivity index (χ2n) is 8.16. The van der Waals surface area contributed by atoms with Crippen LogP contribution < -0.4 is 10.1 Å². The van der Waals surface area contributed by atoms with Crippen LogP contribution in [0.15, 0.2) is 91.1 Å². The van der Waals surface area contributed by atoms with E-state index >= 15 is 0 Å². The Labute approximate surface area is 194 Å². The molecule has 0 spiro atoms. The number of rotatable bonds is 8. The molecule has 0 aliphatic heterocycles. The Bertz CT molecular complexity index is 1190. The molecule has 1 aromatic heterocycles. The molecular formula is C28H27N3O2. The van der Waals surface area contributed by atoms with Crippen LogP contribution in [0, 0.1) is 5.92 Å². The number of aromatic nitrogens is 2. The van der Waals surface area contributed by atoms with Crippen LogP contribution in [-0.4, -0.2) is 15.9 Å². The summed E-state index contributed by atoms with van der Waals surface area (Å²) in [6, 6.07) is 27.9. The SMILES string of the molecule is CC(C)C(=O)Nc1ncc(-c2ccc(OCc3ccccc3)cc2)nc1Cc1ccccc1. The zero-order chi connectivity index (χ0) is 23.0. The average Bonchev–Trinajstić information content (AvgIpc) is 2.85. The van der Waals surface area contributed by atoms with Crippen molar-refractivity contribution in [1.29, 1.82) is 0 Å². The number of nitrogens with zero attached hydrogens (tertiary/aromatic N) is 2. The number of anilines is 1. The van der Waals surface area contributed by atoms with E-state index in [9.17, 15) is 4.79 Å². The number of hydrogen-bond donors (Lipinski definition) is 1. The number of benzene rings is 3. The van der Waals surface area contributed by atoms with Gasteiger partial charge in [-0.25, -0.2) is 9.97 Å². The molecule has 0 fully saturated rings. The lowest BCUT2D eigenvalue weighted by molar-refractivity contribution is -0.118. The lowest BCUT2D eigenvalue weighted by Crippen LogP contribution is -2.20. The zero-order valence-electron chi connectivity index (χ0n) is 18.9. The maximum absolute atomic E-state index is 12.3. The maximum atomic E-state index is 12.3. The normalized spacial score (nSPS) is 10.8. The van der Waals surface area contributed by atoms with E-state index < -0.39 is 0 Å². The fourth-order valence-corrected chi connectivity index (χ4v) is 3.31. The summed E-state index contributed by atoms with van der Waals surface area (Å²) in [5.74, 6) is 1.08. The van der Waals surface area contributed by atoms with Gasteiger partial charge >= 0.3 is 0 Å². The van der Waals surface area contributed by atoms with E-state index in [1.165, 1.54) is 0 Å². The first-order chi connectivity index (χ1) is 16.1. The van der Waals surface area contributed by atoms with Gasteiger partial charge in [0.2, 0.25) is 5.91 Å². The summed E-state index contributed by atoms with van der Waals surface area (Å²) in [6.45, 7) is 4.23. The summed E-state index contributed by atoms with van der Waals surface area (Å²) < 4.78 is 5.89. The predicted octanol–water partition coefficient (Wildman–Crippen LogP) is 5.91. The minimum atomic E-state index is -0.139. The first-order valence-electron chi connectivity index (χ1n) is 11.1. The van der Waals surface area contributed by atoms with E-state index in [4.69, 9.17) is 9.72 Å². The summed E-state index contributed by atoms with van der Waals surface area (Å²) in [7, 11) is 0. The molecule has 1 heterocycles. The van der Waals surface area contributed by atoms with Crippen LogP contribution in [0.2, 0.25) is 0 Å². The molecule has 1 amide bonds. The Morgan fingerprint density at radius 1 is 0.879 bits per heavy atom. The molecule has 4 rings (SSSR count). The summed E-state index contributed by atoms with van der Waals surface area (Å²) in [6.07, 6.45) is 2.28. The topological polar surface area (TPSA) is 64.1 Å². The van der Waals surface area contributed by atoms with Crippen LogP contribution >= 0.6 is 0 Å². The molecule has 5 nitrogen and oxygen atoms in total. The molecule has 5 heteroatoms. The molecule has 0 bridgehead atoms. The second-order valence-corrected chi connectivity index (χ2v) is 8.16. The van der Waals surface area contributed by atoms with Gasteiger partial charge in [-0.1, -0.05) is 74.5 Å². The summed E-state index contributed by atoms with van der Waals surface area (Å²) >= 11 is 0. The van der Waals surface area contributed by atoms with Gasteiger partial charge in [0.25, 0.3) is 0 Å². The van der Waals surface area contributed by atoms with Gasteiger partial charge in [-0.05, 0) is 35.4 Å². The molecule has 33 heavy (non-hydrogen) atoms. The van der Waals surface area contributed by atoms with Crippen LogP contribution in [0.25, 0.3) is 11.3 Å². The van der Waals surface area contributed by atoms with Gasteiger partial charge < -0.3 is 10.1 Å². The quantitative estimate of drug-likeness (QED) is 0.372. The van der Waals surface area contributed by atoms with E-state index in [0.29, 0.717) is 18.8 Å². The van der Waals surface area contributed by atoms with Crippen LogP contribution in [0.4, 0.5) is 5.82 Å². The molecule has 0 radical (unpaired) electrons. The molecule has 0 saturated carbocycles. The minimum absolute atomic E-state index is 0.0775. The Morgan fingerprint density at radius 2 is 1.52 bits per heavy atom. The minimum Gasteiger partial charge on any atom is -0.489 e. The maximum Gasteiger partial charge on any atom is 0.228 e. The number of amides is 1. The van der Waals surface area contributed by atoms with Crippen LogP contribution in [0.5, 0.6) is 5.75 Å². The Morgan fingerprint density at radius 3 is 2.15 bits per heavy atom. The lowest BCUT2D eigenvalue weighted by Gasteiger charge is -2.13. The van der Waals surface area contributed by atoms with E-state index in [1.807, 2.05) is 98.8 Å². The molecule has 0 aliphatic rings. The predicted molar refractivity (Wildman–Crippen MR) is 131 cm³/mol. The molecule has 0 unspecified atom stereocenters. The van der Waals surface area contributed by atoms with Crippen LogP contribution in [0.3, 0.4) is 0 Å². The number of ether oxygens (including phenoxy) is 1. The third-order valence-electron chi connectivity index (χ3n) is 5.22. The van der Waals surface area contributed by atoms with E-state index in [-0.39, 0.29) is 11.8 Å². The van der Waals surface area contributed by atoms with Crippen molar-refractivity contribution in [2.75, 3.05) is 5.32 Å². The Balaban J connectivity index is 1.55. The summed E-state index contributed by atoms with van der Waals surface area (Å²) in [5.41, 5.74) is 4.64. The molecular weight excluding hydrogens is 410 g/mol. The third-order valence-corrected chi connectivity index (χ3v) is 5.22. The van der Waals surface area contributed by atoms with Crippen molar-refractivity contribution in [2.45, 2.75) is 26.9 Å². The fourth-order valence-electron chi connectivity index (χ4n) is 3.31. The molecule has 0 saturated heterocycles. The molecule has 0 aliphatic carbocycles. The number of nitrogens with one attached hydrogen (secondary N) is 1. The van der Waals surface area contributed by atoms with Gasteiger partial charge in [-0.3, -0.25) is 4.79 Å². The monoisotopic (exact) mass is 437 g/mol. The first-order valence-corrected chi connectivity index (χ1v) is 11.1. The van der Waals surface area contributed by atoms with Gasteiger partial charge in [-0.15, -0.1) is 0 Å². The second kappa shape index (κ2) is 10.6. The summed E-state index contributed by atoms with van der Waals surface area (Å²) in [5, 5.41) is 2.92. The number of carbonyl (C=O) groups excluding carboxylic acids is 1. The van der Waals surface area contributed by atoms with Gasteiger partial charge in [0.15, 0.2) is 5.82 Å². The van der Waals surface area contributed by atoms with Crippen molar-refractivity contribution in [3.05, 3.63) is 108 Å². The lowest BCUT2D eigenvalue weighted by atomic mass is 10.1. The van der Waals surface area contributed by atoms with Crippen molar-refractivity contribution in [3.63, 3.8) is 0 Å². The number of hydrogen-bond acceptors (Lipinski definition) is 4. The number of carbonyl (C=O) groups is 1. The molecule has 4 aromatic rings. The molecule has 0 atom stereocenters. The van der Waals surface area contributed by atoms with Crippen molar-refractivity contribution >= 4 is 11.7 Å². The van der Waals surface area contributed by atoms with E-state index in [1.54, 1.807) is 6.20 Å². The first kappa shape index (κ1) is 22.2. The van der Waals surface area contributed by atoms with Crippen LogP contribution in [0.1, 0.15) is 30.7 Å². The Hall–Kier alpha value is -3.99. The van der Waals surface area contributed by atoms with E-state index in [2.05, 4.69) is 10.3 Å². The van der Waals surface area contributed by atoms with Gasteiger partial charge in [0.05, 0.1) is 17.6 Å². The highest BCUT2D eigenvalue weighted by atomic mass is 16.5. The van der Waals surface area contributed by atoms with Gasteiger partial charge in [-0.2, -0.15) is 0 Å². The molecule has 3 aromatic carbocycles. The largest absolute Gasteiger partial charge is 0.489 e. The van der Waals surface area contributed by atoms with Crippen molar-refractivity contribution in [2.24, 2.45) is 5.92 Å². The molecule has 166 valence electrons. The Kier molecular flexibility index (Phi) is 7.10. The standard InChI is InChI=1S/C28H27N3O2/c1-20(2)28(32)31-27-25(17-21-9-5-3-6-10-21)30-26(18-29-27)23-13-15-24(16-14-23)33-19-22-11-7-4-8-12-22/h3-16,18,20H,17,19H2,1-2H3,(H,29,31,32). The highest BCUT2D eigenvalue weighted by Crippen LogP contribution is 2.24. The molecule has 1 N–H and O–H groups in total. The summed E-state index contributed by atoms with van der Waals surface area (Å²) in [4.78, 5) is 21.7. The highest BCUT2D eigenvalue weighted by Gasteiger charge is 2.15. The van der Waals surface area contributed by atoms with Crippen LogP contribution in [-0.2, 0) is 17.8 Å². The van der Waals surface area contributed by atoms with Crippen molar-refractivity contribution in [1.82, 2.24) is 9.97 Å². The fraction of sp³-hybridized carbons (Fsp3) is 0.179. The highest BCUT2D eigenvalue weighted by molar-refractivity contribution is 5.91.